The number of rotatable bonds is 6. The van der Waals surface area contributed by atoms with E-state index in [1.807, 2.05) is 0 Å². The van der Waals surface area contributed by atoms with E-state index in [0.717, 1.165) is 19.5 Å². The monoisotopic (exact) mass is 252 g/mol. The van der Waals surface area contributed by atoms with Crippen molar-refractivity contribution in [3.8, 4) is 0 Å². The molecule has 17 heavy (non-hydrogen) atoms. The van der Waals surface area contributed by atoms with Crippen molar-refractivity contribution in [1.29, 1.82) is 0 Å². The lowest BCUT2D eigenvalue weighted by molar-refractivity contribution is -0.135. The first-order valence-electron chi connectivity index (χ1n) is 6.42. The van der Waals surface area contributed by atoms with E-state index in [1.165, 1.54) is 0 Å². The Hall–Kier alpha value is -0.290. The zero-order valence-electron chi connectivity index (χ0n) is 10.7. The van der Waals surface area contributed by atoms with Crippen LogP contribution in [0.25, 0.3) is 0 Å². The van der Waals surface area contributed by atoms with Crippen LogP contribution in [0.5, 0.6) is 0 Å². The summed E-state index contributed by atoms with van der Waals surface area (Å²) in [6.45, 7) is 7.17. The summed E-state index contributed by atoms with van der Waals surface area (Å²) in [4.78, 5) is 2.40. The van der Waals surface area contributed by atoms with Gasteiger partial charge in [0.05, 0.1) is 0 Å². The average Bonchev–Trinajstić information content (AvgIpc) is 2.64. The largest absolute Gasteiger partial charge is 0.389 e. The zero-order chi connectivity index (χ0) is 12.9. The van der Waals surface area contributed by atoms with Gasteiger partial charge < -0.3 is 5.32 Å². The van der Waals surface area contributed by atoms with Crippen LogP contribution >= 0.6 is 0 Å². The first-order chi connectivity index (χ1) is 7.88. The van der Waals surface area contributed by atoms with Gasteiger partial charge in [-0.25, -0.2) is 0 Å². The van der Waals surface area contributed by atoms with Crippen LogP contribution in [-0.4, -0.2) is 42.8 Å². The Labute approximate surface area is 102 Å². The molecule has 0 amide bonds. The average molecular weight is 252 g/mol. The highest BCUT2D eigenvalue weighted by molar-refractivity contribution is 4.82. The Kier molecular flexibility index (Phi) is 5.73. The maximum atomic E-state index is 11.9. The summed E-state index contributed by atoms with van der Waals surface area (Å²) in [5, 5.41) is 3.34. The van der Waals surface area contributed by atoms with Gasteiger partial charge in [0, 0.05) is 25.0 Å². The number of likely N-dealkylation sites (tertiary alicyclic amines) is 1. The van der Waals surface area contributed by atoms with Crippen molar-refractivity contribution in [3.63, 3.8) is 0 Å². The number of hydrogen-bond acceptors (Lipinski definition) is 2. The van der Waals surface area contributed by atoms with E-state index in [4.69, 9.17) is 0 Å². The standard InChI is InChI=1S/C12H23F3N2/c1-10(2)17-8-5-11(9-17)16-7-4-3-6-12(13,14)15/h10-11,16H,3-9H2,1-2H3. The Balaban J connectivity index is 2.01. The maximum absolute atomic E-state index is 11.9. The molecule has 0 saturated carbocycles. The highest BCUT2D eigenvalue weighted by Crippen LogP contribution is 2.22. The van der Waals surface area contributed by atoms with Crippen LogP contribution in [0.4, 0.5) is 13.2 Å². The van der Waals surface area contributed by atoms with Gasteiger partial charge in [-0.2, -0.15) is 13.2 Å². The molecular formula is C12H23F3N2. The molecule has 0 radical (unpaired) electrons. The van der Waals surface area contributed by atoms with E-state index < -0.39 is 12.6 Å². The molecule has 0 aromatic carbocycles. The normalized spacial score (nSPS) is 22.6. The van der Waals surface area contributed by atoms with Gasteiger partial charge in [-0.15, -0.1) is 0 Å². The van der Waals surface area contributed by atoms with E-state index in [1.54, 1.807) is 0 Å². The summed E-state index contributed by atoms with van der Waals surface area (Å²) in [7, 11) is 0. The molecule has 1 rings (SSSR count). The van der Waals surface area contributed by atoms with Crippen LogP contribution in [0.2, 0.25) is 0 Å². The van der Waals surface area contributed by atoms with Gasteiger partial charge in [-0.05, 0) is 46.2 Å². The fourth-order valence-electron chi connectivity index (χ4n) is 2.18. The second-order valence-corrected chi connectivity index (χ2v) is 5.10. The van der Waals surface area contributed by atoms with E-state index in [9.17, 15) is 13.2 Å². The molecule has 0 aromatic heterocycles. The molecule has 1 unspecified atom stereocenters. The Bertz CT molecular complexity index is 216. The number of alkyl halides is 3. The molecular weight excluding hydrogens is 229 g/mol. The fraction of sp³-hybridized carbons (Fsp3) is 1.00. The molecule has 0 aromatic rings. The maximum Gasteiger partial charge on any atom is 0.389 e. The first-order valence-corrected chi connectivity index (χ1v) is 6.42. The number of nitrogens with zero attached hydrogens (tertiary/aromatic N) is 1. The molecule has 1 N–H and O–H groups in total. The molecule has 1 aliphatic rings. The molecule has 0 spiro atoms. The quantitative estimate of drug-likeness (QED) is 0.731. The summed E-state index contributed by atoms with van der Waals surface area (Å²) in [6.07, 6.45) is -2.70. The third-order valence-corrected chi connectivity index (χ3v) is 3.27. The minimum atomic E-state index is -4.00. The first kappa shape index (κ1) is 14.8. The SMILES string of the molecule is CC(C)N1CCC(NCCCCC(F)(F)F)C1. The number of unbranched alkanes of at least 4 members (excludes halogenated alkanes) is 1. The van der Waals surface area contributed by atoms with Crippen molar-refractivity contribution in [1.82, 2.24) is 10.2 Å². The number of nitrogens with one attached hydrogen (secondary N) is 1. The molecule has 1 heterocycles. The minimum Gasteiger partial charge on any atom is -0.313 e. The van der Waals surface area contributed by atoms with Crippen LogP contribution < -0.4 is 5.32 Å². The summed E-state index contributed by atoms with van der Waals surface area (Å²) >= 11 is 0. The lowest BCUT2D eigenvalue weighted by Gasteiger charge is -2.20. The van der Waals surface area contributed by atoms with Crippen LogP contribution in [-0.2, 0) is 0 Å². The van der Waals surface area contributed by atoms with Gasteiger partial charge in [0.15, 0.2) is 0 Å². The zero-order valence-corrected chi connectivity index (χ0v) is 10.7. The number of halogens is 3. The van der Waals surface area contributed by atoms with Gasteiger partial charge in [0.2, 0.25) is 0 Å². The van der Waals surface area contributed by atoms with Gasteiger partial charge in [-0.3, -0.25) is 4.90 Å². The third-order valence-electron chi connectivity index (χ3n) is 3.27. The molecule has 5 heteroatoms. The number of hydrogen-bond donors (Lipinski definition) is 1. The van der Waals surface area contributed by atoms with Crippen molar-refractivity contribution >= 4 is 0 Å². The highest BCUT2D eigenvalue weighted by Gasteiger charge is 2.26. The second kappa shape index (κ2) is 6.59. The van der Waals surface area contributed by atoms with E-state index in [-0.39, 0.29) is 6.42 Å². The lowest BCUT2D eigenvalue weighted by Crippen LogP contribution is -2.35. The fourth-order valence-corrected chi connectivity index (χ4v) is 2.18. The molecule has 1 saturated heterocycles. The second-order valence-electron chi connectivity index (χ2n) is 5.10. The molecule has 102 valence electrons. The van der Waals surface area contributed by atoms with Crippen molar-refractivity contribution in [2.75, 3.05) is 19.6 Å². The molecule has 0 aliphatic carbocycles. The van der Waals surface area contributed by atoms with Crippen LogP contribution in [0.15, 0.2) is 0 Å². The van der Waals surface area contributed by atoms with Crippen molar-refractivity contribution in [3.05, 3.63) is 0 Å². The smallest absolute Gasteiger partial charge is 0.313 e. The topological polar surface area (TPSA) is 15.3 Å². The predicted octanol–water partition coefficient (Wildman–Crippen LogP) is 2.79. The van der Waals surface area contributed by atoms with Crippen LogP contribution in [0, 0.1) is 0 Å². The highest BCUT2D eigenvalue weighted by atomic mass is 19.4. The van der Waals surface area contributed by atoms with Gasteiger partial charge in [0.25, 0.3) is 0 Å². The van der Waals surface area contributed by atoms with Crippen molar-refractivity contribution in [2.24, 2.45) is 0 Å². The van der Waals surface area contributed by atoms with E-state index in [0.29, 0.717) is 25.0 Å². The molecule has 1 aliphatic heterocycles. The van der Waals surface area contributed by atoms with E-state index >= 15 is 0 Å². The summed E-state index contributed by atoms with van der Waals surface area (Å²) in [6, 6.07) is 1.02. The summed E-state index contributed by atoms with van der Waals surface area (Å²) in [5.74, 6) is 0. The van der Waals surface area contributed by atoms with Crippen LogP contribution in [0.1, 0.15) is 39.5 Å². The van der Waals surface area contributed by atoms with Gasteiger partial charge in [-0.1, -0.05) is 0 Å². The van der Waals surface area contributed by atoms with Gasteiger partial charge >= 0.3 is 6.18 Å². The Morgan fingerprint density at radius 3 is 2.53 bits per heavy atom. The van der Waals surface area contributed by atoms with Crippen molar-refractivity contribution < 1.29 is 13.2 Å². The summed E-state index contributed by atoms with van der Waals surface area (Å²) in [5.41, 5.74) is 0. The lowest BCUT2D eigenvalue weighted by atomic mass is 10.2. The third kappa shape index (κ3) is 6.27. The molecule has 1 fully saturated rings. The van der Waals surface area contributed by atoms with Crippen LogP contribution in [0.3, 0.4) is 0 Å². The van der Waals surface area contributed by atoms with E-state index in [2.05, 4.69) is 24.1 Å². The minimum absolute atomic E-state index is 0.233. The summed E-state index contributed by atoms with van der Waals surface area (Å²) < 4.78 is 35.7. The Morgan fingerprint density at radius 2 is 2.00 bits per heavy atom. The molecule has 1 atom stereocenters. The predicted molar refractivity (Wildman–Crippen MR) is 63.0 cm³/mol. The molecule has 2 nitrogen and oxygen atoms in total. The Morgan fingerprint density at radius 1 is 1.29 bits per heavy atom. The van der Waals surface area contributed by atoms with Gasteiger partial charge in [0.1, 0.15) is 0 Å². The van der Waals surface area contributed by atoms with Crippen molar-refractivity contribution in [2.45, 2.75) is 57.8 Å². The molecule has 0 bridgehead atoms.